The fourth-order valence-corrected chi connectivity index (χ4v) is 1.77. The fourth-order valence-electron chi connectivity index (χ4n) is 0.970. The minimum absolute atomic E-state index is 0.0676. The van der Waals surface area contributed by atoms with Gasteiger partial charge in [-0.05, 0) is 24.6 Å². The lowest BCUT2D eigenvalue weighted by molar-refractivity contribution is 0.602. The van der Waals surface area contributed by atoms with Gasteiger partial charge in [-0.15, -0.1) is 11.6 Å². The van der Waals surface area contributed by atoms with Gasteiger partial charge >= 0.3 is 0 Å². The van der Waals surface area contributed by atoms with Crippen LogP contribution in [0.15, 0.2) is 24.3 Å². The monoisotopic (exact) mass is 233 g/mol. The first-order valence-electron chi connectivity index (χ1n) is 4.23. The highest BCUT2D eigenvalue weighted by Crippen LogP contribution is 2.13. The van der Waals surface area contributed by atoms with Gasteiger partial charge in [0.25, 0.3) is 0 Å². The maximum Gasteiger partial charge on any atom is 0.232 e. The van der Waals surface area contributed by atoms with Crippen LogP contribution in [0.1, 0.15) is 12.5 Å². The molecule has 14 heavy (non-hydrogen) atoms. The molecule has 1 aromatic rings. The Morgan fingerprint density at radius 2 is 2.14 bits per heavy atom. The van der Waals surface area contributed by atoms with Crippen molar-refractivity contribution >= 4 is 27.3 Å². The molecule has 78 valence electrons. The zero-order chi connectivity index (χ0) is 10.6. The van der Waals surface area contributed by atoms with Crippen LogP contribution >= 0.6 is 11.6 Å². The van der Waals surface area contributed by atoms with Crippen molar-refractivity contribution in [3.63, 3.8) is 0 Å². The topological polar surface area (TPSA) is 46.2 Å². The van der Waals surface area contributed by atoms with Crippen LogP contribution in [-0.2, 0) is 15.9 Å². The van der Waals surface area contributed by atoms with Crippen molar-refractivity contribution in [1.82, 2.24) is 0 Å². The quantitative estimate of drug-likeness (QED) is 0.811. The smallest absolute Gasteiger partial charge is 0.232 e. The number of benzene rings is 1. The van der Waals surface area contributed by atoms with Crippen LogP contribution < -0.4 is 4.72 Å². The number of halogens is 1. The molecule has 0 fully saturated rings. The second-order valence-electron chi connectivity index (χ2n) is 2.84. The molecule has 0 atom stereocenters. The minimum Gasteiger partial charge on any atom is -0.284 e. The molecule has 0 unspecified atom stereocenters. The molecule has 0 aliphatic heterocycles. The molecule has 1 aromatic carbocycles. The maximum absolute atomic E-state index is 11.2. The fraction of sp³-hybridized carbons (Fsp3) is 0.333. The third-order valence-electron chi connectivity index (χ3n) is 1.73. The predicted molar refractivity (Wildman–Crippen MR) is 59.1 cm³/mol. The highest BCUT2D eigenvalue weighted by Gasteiger charge is 2.06. The minimum atomic E-state index is -3.19. The number of hydrogen-bond acceptors (Lipinski definition) is 2. The molecule has 0 spiro atoms. The van der Waals surface area contributed by atoms with Crippen LogP contribution in [0.5, 0.6) is 0 Å². The maximum atomic E-state index is 11.2. The van der Waals surface area contributed by atoms with Crippen LogP contribution in [-0.4, -0.2) is 14.2 Å². The van der Waals surface area contributed by atoms with E-state index in [4.69, 9.17) is 11.6 Å². The lowest BCUT2D eigenvalue weighted by atomic mass is 10.2. The molecular weight excluding hydrogens is 222 g/mol. The van der Waals surface area contributed by atoms with Crippen LogP contribution in [0.3, 0.4) is 0 Å². The molecule has 0 saturated carbocycles. The summed E-state index contributed by atoms with van der Waals surface area (Å²) >= 11 is 5.63. The normalized spacial score (nSPS) is 11.3. The number of rotatable bonds is 4. The number of anilines is 1. The zero-order valence-corrected chi connectivity index (χ0v) is 9.40. The molecular formula is C9H12ClNO2S. The van der Waals surface area contributed by atoms with Gasteiger partial charge in [0.15, 0.2) is 0 Å². The first-order valence-corrected chi connectivity index (χ1v) is 6.41. The second-order valence-corrected chi connectivity index (χ2v) is 5.12. The van der Waals surface area contributed by atoms with E-state index >= 15 is 0 Å². The SMILES string of the molecule is CCS(=O)(=O)Nc1cccc(CCl)c1. The van der Waals surface area contributed by atoms with Gasteiger partial charge in [0.05, 0.1) is 5.75 Å². The highest BCUT2D eigenvalue weighted by molar-refractivity contribution is 7.92. The van der Waals surface area contributed by atoms with E-state index in [0.717, 1.165) is 5.56 Å². The Kier molecular flexibility index (Phi) is 3.77. The summed E-state index contributed by atoms with van der Waals surface area (Å²) in [4.78, 5) is 0. The van der Waals surface area contributed by atoms with Gasteiger partial charge in [-0.25, -0.2) is 8.42 Å². The van der Waals surface area contributed by atoms with E-state index in [0.29, 0.717) is 11.6 Å². The van der Waals surface area contributed by atoms with Crippen molar-refractivity contribution in [2.75, 3.05) is 10.5 Å². The van der Waals surface area contributed by atoms with E-state index < -0.39 is 10.0 Å². The van der Waals surface area contributed by atoms with Gasteiger partial charge in [-0.3, -0.25) is 4.72 Å². The van der Waals surface area contributed by atoms with Crippen molar-refractivity contribution in [2.24, 2.45) is 0 Å². The van der Waals surface area contributed by atoms with Crippen LogP contribution in [0.25, 0.3) is 0 Å². The molecule has 1 N–H and O–H groups in total. The van der Waals surface area contributed by atoms with Gasteiger partial charge in [0.2, 0.25) is 10.0 Å². The molecule has 1 rings (SSSR count). The van der Waals surface area contributed by atoms with Crippen molar-refractivity contribution in [2.45, 2.75) is 12.8 Å². The second kappa shape index (κ2) is 4.66. The highest BCUT2D eigenvalue weighted by atomic mass is 35.5. The van der Waals surface area contributed by atoms with Gasteiger partial charge in [-0.2, -0.15) is 0 Å². The molecule has 0 radical (unpaired) electrons. The van der Waals surface area contributed by atoms with Crippen LogP contribution in [0.4, 0.5) is 5.69 Å². The number of hydrogen-bond donors (Lipinski definition) is 1. The van der Waals surface area contributed by atoms with Gasteiger partial charge < -0.3 is 0 Å². The van der Waals surface area contributed by atoms with E-state index in [9.17, 15) is 8.42 Å². The molecule has 3 nitrogen and oxygen atoms in total. The van der Waals surface area contributed by atoms with E-state index in [1.165, 1.54) is 0 Å². The molecule has 5 heteroatoms. The number of sulfonamides is 1. The van der Waals surface area contributed by atoms with Crippen molar-refractivity contribution in [3.8, 4) is 0 Å². The molecule has 0 aliphatic carbocycles. The Morgan fingerprint density at radius 1 is 1.43 bits per heavy atom. The standard InChI is InChI=1S/C9H12ClNO2S/c1-2-14(12,13)11-9-5-3-4-8(6-9)7-10/h3-6,11H,2,7H2,1H3. The van der Waals surface area contributed by atoms with E-state index in [2.05, 4.69) is 4.72 Å². The number of nitrogens with one attached hydrogen (secondary N) is 1. The summed E-state index contributed by atoms with van der Waals surface area (Å²) in [5, 5.41) is 0. The Hall–Kier alpha value is -0.740. The first-order chi connectivity index (χ1) is 6.57. The first kappa shape index (κ1) is 11.3. The summed E-state index contributed by atoms with van der Waals surface area (Å²) in [5.74, 6) is 0.444. The van der Waals surface area contributed by atoms with E-state index in [-0.39, 0.29) is 5.75 Å². The number of alkyl halides is 1. The lowest BCUT2D eigenvalue weighted by Gasteiger charge is -2.06. The van der Waals surface area contributed by atoms with Crippen molar-refractivity contribution < 1.29 is 8.42 Å². The lowest BCUT2D eigenvalue weighted by Crippen LogP contribution is -2.14. The average molecular weight is 234 g/mol. The Bertz CT molecular complexity index is 403. The summed E-state index contributed by atoms with van der Waals surface area (Å²) in [6, 6.07) is 7.03. The summed E-state index contributed by atoms with van der Waals surface area (Å²) < 4.78 is 24.9. The van der Waals surface area contributed by atoms with E-state index in [1.54, 1.807) is 25.1 Å². The third kappa shape index (κ3) is 3.20. The van der Waals surface area contributed by atoms with Crippen LogP contribution in [0.2, 0.25) is 0 Å². The zero-order valence-electron chi connectivity index (χ0n) is 7.83. The Morgan fingerprint density at radius 3 is 2.71 bits per heavy atom. The van der Waals surface area contributed by atoms with Crippen LogP contribution in [0, 0.1) is 0 Å². The Labute approximate surface area is 89.1 Å². The molecule has 0 saturated heterocycles. The summed E-state index contributed by atoms with van der Waals surface area (Å²) in [5.41, 5.74) is 1.45. The van der Waals surface area contributed by atoms with Gasteiger partial charge in [0, 0.05) is 11.6 Å². The molecule has 0 heterocycles. The third-order valence-corrected chi connectivity index (χ3v) is 3.35. The molecule has 0 bridgehead atoms. The average Bonchev–Trinajstić information content (AvgIpc) is 2.17. The summed E-state index contributed by atoms with van der Waals surface area (Å²) in [6.45, 7) is 1.59. The molecule has 0 amide bonds. The molecule has 0 aliphatic rings. The van der Waals surface area contributed by atoms with E-state index in [1.807, 2.05) is 6.07 Å². The van der Waals surface area contributed by atoms with Crippen molar-refractivity contribution in [3.05, 3.63) is 29.8 Å². The van der Waals surface area contributed by atoms with Crippen molar-refractivity contribution in [1.29, 1.82) is 0 Å². The summed E-state index contributed by atoms with van der Waals surface area (Å²) in [6.07, 6.45) is 0. The largest absolute Gasteiger partial charge is 0.284 e. The molecule has 0 aromatic heterocycles. The summed E-state index contributed by atoms with van der Waals surface area (Å²) in [7, 11) is -3.19. The van der Waals surface area contributed by atoms with Gasteiger partial charge in [0.1, 0.15) is 0 Å². The Balaban J connectivity index is 2.87. The predicted octanol–water partition coefficient (Wildman–Crippen LogP) is 2.19. The van der Waals surface area contributed by atoms with Gasteiger partial charge in [-0.1, -0.05) is 12.1 Å².